The molecule has 1 saturated heterocycles. The molecule has 1 aromatic heterocycles. The van der Waals surface area contributed by atoms with Gasteiger partial charge in [0.1, 0.15) is 18.0 Å². The number of nitrogens with zero attached hydrogens (tertiary/aromatic N) is 4. The van der Waals surface area contributed by atoms with Gasteiger partial charge in [0.15, 0.2) is 0 Å². The van der Waals surface area contributed by atoms with Gasteiger partial charge in [0, 0.05) is 24.7 Å². The minimum Gasteiger partial charge on any atom is -0.367 e. The van der Waals surface area contributed by atoms with Gasteiger partial charge in [-0.25, -0.2) is 27.2 Å². The van der Waals surface area contributed by atoms with Crippen LogP contribution in [0, 0.1) is 5.92 Å². The topological polar surface area (TPSA) is 78.4 Å². The van der Waals surface area contributed by atoms with Crippen LogP contribution in [0.5, 0.6) is 0 Å². The monoisotopic (exact) mass is 387 g/mol. The van der Waals surface area contributed by atoms with Crippen molar-refractivity contribution < 1.29 is 17.2 Å². The molecular weight excluding hydrogens is 364 g/mol. The maximum Gasteiger partial charge on any atom is 0.275 e. The van der Waals surface area contributed by atoms with E-state index in [0.29, 0.717) is 6.04 Å². The minimum atomic E-state index is -3.59. The lowest BCUT2D eigenvalue weighted by Gasteiger charge is -2.44. The van der Waals surface area contributed by atoms with E-state index in [-0.39, 0.29) is 17.7 Å². The van der Waals surface area contributed by atoms with Gasteiger partial charge >= 0.3 is 0 Å². The number of alkyl halides is 2. The molecule has 144 valence electrons. The quantitative estimate of drug-likeness (QED) is 0.821. The Bertz CT molecular complexity index is 805. The molecule has 1 N–H and O–H groups in total. The van der Waals surface area contributed by atoms with Crippen molar-refractivity contribution in [2.75, 3.05) is 36.1 Å². The average Bonchev–Trinajstić information content (AvgIpc) is 2.87. The highest BCUT2D eigenvalue weighted by Crippen LogP contribution is 2.39. The predicted molar refractivity (Wildman–Crippen MR) is 94.0 cm³/mol. The van der Waals surface area contributed by atoms with Crippen molar-refractivity contribution >= 4 is 21.7 Å². The van der Waals surface area contributed by atoms with E-state index in [1.807, 2.05) is 7.05 Å². The summed E-state index contributed by atoms with van der Waals surface area (Å²) in [6.07, 6.45) is 3.85. The van der Waals surface area contributed by atoms with Crippen molar-refractivity contribution in [2.24, 2.45) is 5.92 Å². The SMILES string of the molecule is CC1Cc2c(ncnc2N(C)C2CC(CS(=O)(=O)N3CC(F)(F)C3)C2)N1. The third kappa shape index (κ3) is 3.13. The molecule has 26 heavy (non-hydrogen) atoms. The molecule has 4 rings (SSSR count). The highest BCUT2D eigenvalue weighted by atomic mass is 32.2. The Morgan fingerprint density at radius 1 is 1.35 bits per heavy atom. The maximum atomic E-state index is 12.9. The number of nitrogens with one attached hydrogen (secondary N) is 1. The Hall–Kier alpha value is -1.55. The number of rotatable bonds is 5. The van der Waals surface area contributed by atoms with E-state index in [9.17, 15) is 17.2 Å². The standard InChI is InChI=1S/C16H23F2N5O2S/c1-10-3-13-14(21-10)19-9-20-15(13)22(2)12-4-11(5-12)6-26(24,25)23-7-16(17,18)8-23/h9-12H,3-8H2,1-2H3,(H,19,20,21). The van der Waals surface area contributed by atoms with Crippen LogP contribution in [-0.2, 0) is 16.4 Å². The molecule has 1 atom stereocenters. The lowest BCUT2D eigenvalue weighted by Crippen LogP contribution is -2.59. The molecule has 0 spiro atoms. The van der Waals surface area contributed by atoms with Crippen LogP contribution in [-0.4, -0.2) is 66.6 Å². The molecule has 1 saturated carbocycles. The van der Waals surface area contributed by atoms with Crippen molar-refractivity contribution in [3.8, 4) is 0 Å². The van der Waals surface area contributed by atoms with E-state index < -0.39 is 29.0 Å². The van der Waals surface area contributed by atoms with E-state index in [2.05, 4.69) is 27.1 Å². The Morgan fingerprint density at radius 2 is 2.04 bits per heavy atom. The summed E-state index contributed by atoms with van der Waals surface area (Å²) in [4.78, 5) is 10.8. The number of fused-ring (bicyclic) bond motifs is 1. The van der Waals surface area contributed by atoms with Gasteiger partial charge in [-0.15, -0.1) is 0 Å². The van der Waals surface area contributed by atoms with E-state index in [0.717, 1.165) is 40.8 Å². The van der Waals surface area contributed by atoms with Gasteiger partial charge in [0.05, 0.1) is 18.8 Å². The van der Waals surface area contributed by atoms with Crippen LogP contribution in [0.3, 0.4) is 0 Å². The molecule has 0 amide bonds. The highest BCUT2D eigenvalue weighted by Gasteiger charge is 2.50. The zero-order valence-electron chi connectivity index (χ0n) is 14.8. The van der Waals surface area contributed by atoms with Crippen molar-refractivity contribution in [3.63, 3.8) is 0 Å². The summed E-state index contributed by atoms with van der Waals surface area (Å²) in [5.41, 5.74) is 1.10. The predicted octanol–water partition coefficient (Wildman–Crippen LogP) is 1.33. The first kappa shape index (κ1) is 17.8. The van der Waals surface area contributed by atoms with Crippen LogP contribution < -0.4 is 10.2 Å². The molecule has 0 aromatic carbocycles. The van der Waals surface area contributed by atoms with Crippen LogP contribution in [0.25, 0.3) is 0 Å². The zero-order chi connectivity index (χ0) is 18.7. The first-order valence-electron chi connectivity index (χ1n) is 8.83. The van der Waals surface area contributed by atoms with Gasteiger partial charge in [0.25, 0.3) is 5.92 Å². The van der Waals surface area contributed by atoms with Gasteiger partial charge in [-0.1, -0.05) is 0 Å². The van der Waals surface area contributed by atoms with E-state index in [1.165, 1.54) is 0 Å². The van der Waals surface area contributed by atoms with E-state index in [1.54, 1.807) is 6.33 Å². The summed E-state index contributed by atoms with van der Waals surface area (Å²) < 4.78 is 51.1. The normalized spacial score (nSPS) is 30.1. The van der Waals surface area contributed by atoms with Crippen molar-refractivity contribution in [1.82, 2.24) is 14.3 Å². The summed E-state index contributed by atoms with van der Waals surface area (Å²) in [6.45, 7) is 0.738. The number of hydrogen-bond donors (Lipinski definition) is 1. The molecule has 2 fully saturated rings. The smallest absolute Gasteiger partial charge is 0.275 e. The molecule has 0 bridgehead atoms. The highest BCUT2D eigenvalue weighted by molar-refractivity contribution is 7.89. The largest absolute Gasteiger partial charge is 0.367 e. The second-order valence-corrected chi connectivity index (χ2v) is 9.79. The third-order valence-electron chi connectivity index (χ3n) is 5.56. The Balaban J connectivity index is 1.35. The molecule has 1 aliphatic carbocycles. The van der Waals surface area contributed by atoms with Gasteiger partial charge < -0.3 is 10.2 Å². The Morgan fingerprint density at radius 3 is 2.69 bits per heavy atom. The van der Waals surface area contributed by atoms with Crippen molar-refractivity contribution in [1.29, 1.82) is 0 Å². The number of hydrogen-bond acceptors (Lipinski definition) is 6. The average molecular weight is 387 g/mol. The molecule has 3 heterocycles. The van der Waals surface area contributed by atoms with E-state index in [4.69, 9.17) is 0 Å². The summed E-state index contributed by atoms with van der Waals surface area (Å²) in [6, 6.07) is 0.533. The fraction of sp³-hybridized carbons (Fsp3) is 0.750. The van der Waals surface area contributed by atoms with Gasteiger partial charge in [-0.2, -0.15) is 4.31 Å². The minimum absolute atomic E-state index is 0.00797. The number of anilines is 2. The fourth-order valence-electron chi connectivity index (χ4n) is 4.01. The summed E-state index contributed by atoms with van der Waals surface area (Å²) in [5.74, 6) is -1.15. The second kappa shape index (κ2) is 5.98. The summed E-state index contributed by atoms with van der Waals surface area (Å²) in [7, 11) is -1.62. The lowest BCUT2D eigenvalue weighted by molar-refractivity contribution is -0.0946. The maximum absolute atomic E-state index is 12.9. The second-order valence-electron chi connectivity index (χ2n) is 7.78. The zero-order valence-corrected chi connectivity index (χ0v) is 15.6. The third-order valence-corrected chi connectivity index (χ3v) is 7.50. The molecule has 7 nitrogen and oxygen atoms in total. The van der Waals surface area contributed by atoms with Crippen LogP contribution in [0.1, 0.15) is 25.3 Å². The molecular formula is C16H23F2N5O2S. The molecule has 1 unspecified atom stereocenters. The Kier molecular flexibility index (Phi) is 4.11. The number of sulfonamides is 1. The van der Waals surface area contributed by atoms with Crippen LogP contribution in [0.2, 0.25) is 0 Å². The van der Waals surface area contributed by atoms with Crippen molar-refractivity contribution in [3.05, 3.63) is 11.9 Å². The van der Waals surface area contributed by atoms with Crippen LogP contribution in [0.4, 0.5) is 20.4 Å². The fourth-order valence-corrected chi connectivity index (χ4v) is 5.86. The van der Waals surface area contributed by atoms with Gasteiger partial charge in [-0.3, -0.25) is 0 Å². The molecule has 0 radical (unpaired) electrons. The van der Waals surface area contributed by atoms with E-state index >= 15 is 0 Å². The number of halogens is 2. The van der Waals surface area contributed by atoms with Crippen LogP contribution >= 0.6 is 0 Å². The van der Waals surface area contributed by atoms with Crippen molar-refractivity contribution in [2.45, 2.75) is 44.2 Å². The summed E-state index contributed by atoms with van der Waals surface area (Å²) >= 11 is 0. The first-order chi connectivity index (χ1) is 12.1. The van der Waals surface area contributed by atoms with Gasteiger partial charge in [-0.05, 0) is 32.1 Å². The Labute approximate surface area is 151 Å². The molecule has 2 aliphatic heterocycles. The van der Waals surface area contributed by atoms with Crippen LogP contribution in [0.15, 0.2) is 6.33 Å². The number of aromatic nitrogens is 2. The molecule has 1 aromatic rings. The van der Waals surface area contributed by atoms with Gasteiger partial charge in [0.2, 0.25) is 10.0 Å². The first-order valence-corrected chi connectivity index (χ1v) is 10.4. The molecule has 10 heteroatoms. The lowest BCUT2D eigenvalue weighted by atomic mass is 9.80. The summed E-state index contributed by atoms with van der Waals surface area (Å²) in [5, 5.41) is 3.32. The molecule has 3 aliphatic rings.